The van der Waals surface area contributed by atoms with E-state index in [1.165, 1.54) is 153 Å². The van der Waals surface area contributed by atoms with Gasteiger partial charge in [-0.05, 0) is 131 Å². The minimum atomic E-state index is 0.0971. The summed E-state index contributed by atoms with van der Waals surface area (Å²) in [7, 11) is 0. The molecule has 59 heavy (non-hydrogen) atoms. The van der Waals surface area contributed by atoms with Crippen LogP contribution in [0.5, 0.6) is 0 Å². The zero-order valence-electron chi connectivity index (χ0n) is 32.8. The lowest BCUT2D eigenvalue weighted by Gasteiger charge is -2.45. The molecule has 0 N–H and O–H groups in total. The monoisotopic (exact) mass is 750 g/mol. The van der Waals surface area contributed by atoms with E-state index < -0.39 is 0 Å². The third kappa shape index (κ3) is 4.32. The highest BCUT2D eigenvalue weighted by Gasteiger charge is 2.44. The summed E-state index contributed by atoms with van der Waals surface area (Å²) in [5.74, 6) is 0.532. The Morgan fingerprint density at radius 1 is 0.356 bits per heavy atom. The van der Waals surface area contributed by atoms with Gasteiger partial charge in [0.05, 0.1) is 11.4 Å². The molecule has 0 atom stereocenters. The molecule has 0 bridgehead atoms. The Morgan fingerprint density at radius 3 is 1.27 bits per heavy atom. The van der Waals surface area contributed by atoms with Crippen LogP contribution in [0.1, 0.15) is 43.6 Å². The smallest absolute Gasteiger partial charge is 0.252 e. The lowest BCUT2D eigenvalue weighted by molar-refractivity contribution is 0.444. The van der Waals surface area contributed by atoms with Gasteiger partial charge in [0.2, 0.25) is 0 Å². The second kappa shape index (κ2) is 11.9. The number of rotatable bonds is 3. The van der Waals surface area contributed by atoms with Gasteiger partial charge >= 0.3 is 0 Å². The standard InChI is InChI=1S/C56H39BN2/c1-2-10-34(11-3-1)41-32-50-56-51(33-41)59(47-31-27-40-23-21-36-13-9-15-38-25-29-43(47)55(40)53(36)38)49-19-7-5-17-45(49)57(56)44-16-4-6-18-48(44)58(50)46-30-26-39-22-20-35-12-8-14-37-24-28-42(46)54(39)52(35)37/h4-9,12-34H,1-3,10-11H2. The fourth-order valence-corrected chi connectivity index (χ4v) is 11.9. The van der Waals surface area contributed by atoms with Crippen LogP contribution in [0.15, 0.2) is 170 Å². The molecule has 1 saturated carbocycles. The number of nitrogens with zero attached hydrogens (tertiary/aromatic N) is 2. The number of benzene rings is 11. The van der Waals surface area contributed by atoms with Gasteiger partial charge in [0.25, 0.3) is 6.71 Å². The highest BCUT2D eigenvalue weighted by atomic mass is 15.2. The average Bonchev–Trinajstić information content (AvgIpc) is 3.30. The molecular formula is C56H39BN2. The van der Waals surface area contributed by atoms with Crippen molar-refractivity contribution in [2.24, 2.45) is 0 Å². The van der Waals surface area contributed by atoms with E-state index in [2.05, 4.69) is 180 Å². The van der Waals surface area contributed by atoms with Crippen molar-refractivity contribution in [3.63, 3.8) is 0 Å². The quantitative estimate of drug-likeness (QED) is 0.131. The maximum atomic E-state index is 2.65. The van der Waals surface area contributed by atoms with Gasteiger partial charge in [-0.3, -0.25) is 0 Å². The van der Waals surface area contributed by atoms with E-state index in [1.807, 2.05) is 0 Å². The summed E-state index contributed by atoms with van der Waals surface area (Å²) >= 11 is 0. The van der Waals surface area contributed by atoms with Crippen molar-refractivity contribution >= 4 is 122 Å². The van der Waals surface area contributed by atoms with Crippen LogP contribution in [0.3, 0.4) is 0 Å². The number of hydrogen-bond acceptors (Lipinski definition) is 2. The molecule has 2 nitrogen and oxygen atoms in total. The first-order valence-electron chi connectivity index (χ1n) is 21.6. The van der Waals surface area contributed by atoms with Crippen LogP contribution in [-0.4, -0.2) is 6.71 Å². The third-order valence-corrected chi connectivity index (χ3v) is 14.5. The van der Waals surface area contributed by atoms with E-state index in [0.717, 1.165) is 0 Å². The topological polar surface area (TPSA) is 6.48 Å². The van der Waals surface area contributed by atoms with E-state index in [4.69, 9.17) is 0 Å². The molecule has 276 valence electrons. The van der Waals surface area contributed by atoms with Gasteiger partial charge in [0.15, 0.2) is 0 Å². The molecule has 11 aromatic carbocycles. The molecule has 2 aliphatic heterocycles. The van der Waals surface area contributed by atoms with Crippen molar-refractivity contribution in [1.29, 1.82) is 0 Å². The van der Waals surface area contributed by atoms with Crippen LogP contribution in [0, 0.1) is 0 Å². The largest absolute Gasteiger partial charge is 0.311 e. The van der Waals surface area contributed by atoms with Gasteiger partial charge in [-0.25, -0.2) is 0 Å². The first-order chi connectivity index (χ1) is 29.3. The van der Waals surface area contributed by atoms with E-state index in [9.17, 15) is 0 Å². The Bertz CT molecular complexity index is 3270. The van der Waals surface area contributed by atoms with Crippen molar-refractivity contribution < 1.29 is 0 Å². The van der Waals surface area contributed by atoms with Crippen LogP contribution < -0.4 is 26.2 Å². The fraction of sp³-hybridized carbons (Fsp3) is 0.107. The van der Waals surface area contributed by atoms with E-state index in [1.54, 1.807) is 0 Å². The SMILES string of the molecule is c1ccc2c(c1)B1c3ccccc3N(c3ccc4ccc5cccc6ccc3c4c56)c3cc(C4CCCCC4)cc(c31)N2c1ccc2ccc3cccc4ccc1c2c34. The van der Waals surface area contributed by atoms with Gasteiger partial charge in [-0.2, -0.15) is 0 Å². The molecule has 0 unspecified atom stereocenters. The minimum absolute atomic E-state index is 0.0971. The molecule has 0 spiro atoms. The lowest BCUT2D eigenvalue weighted by Crippen LogP contribution is -2.61. The molecule has 3 aliphatic rings. The van der Waals surface area contributed by atoms with Gasteiger partial charge in [0.1, 0.15) is 0 Å². The van der Waals surface area contributed by atoms with Crippen molar-refractivity contribution in [2.45, 2.75) is 38.0 Å². The zero-order chi connectivity index (χ0) is 38.3. The highest BCUT2D eigenvalue weighted by molar-refractivity contribution is 7.00. The normalized spacial score (nSPS) is 15.3. The van der Waals surface area contributed by atoms with Crippen molar-refractivity contribution in [3.05, 3.63) is 175 Å². The maximum Gasteiger partial charge on any atom is 0.252 e. The number of para-hydroxylation sites is 2. The summed E-state index contributed by atoms with van der Waals surface area (Å²) in [5.41, 5.74) is 13.3. The minimum Gasteiger partial charge on any atom is -0.311 e. The Balaban J connectivity index is 1.11. The second-order valence-electron chi connectivity index (χ2n) is 17.4. The molecule has 2 heterocycles. The summed E-state index contributed by atoms with van der Waals surface area (Å²) in [4.78, 5) is 5.30. The summed E-state index contributed by atoms with van der Waals surface area (Å²) in [5, 5.41) is 15.8. The fourth-order valence-electron chi connectivity index (χ4n) is 11.9. The molecule has 1 aliphatic carbocycles. The molecule has 0 saturated heterocycles. The second-order valence-corrected chi connectivity index (χ2v) is 17.4. The molecule has 0 amide bonds. The van der Waals surface area contributed by atoms with Crippen molar-refractivity contribution in [2.75, 3.05) is 9.80 Å². The highest BCUT2D eigenvalue weighted by Crippen LogP contribution is 2.51. The van der Waals surface area contributed by atoms with Crippen LogP contribution in [-0.2, 0) is 0 Å². The predicted molar refractivity (Wildman–Crippen MR) is 254 cm³/mol. The Hall–Kier alpha value is -6.84. The summed E-state index contributed by atoms with van der Waals surface area (Å²) in [6, 6.07) is 65.4. The molecule has 14 rings (SSSR count). The van der Waals surface area contributed by atoms with Crippen LogP contribution in [0.2, 0.25) is 0 Å². The lowest BCUT2D eigenvalue weighted by atomic mass is 9.33. The van der Waals surface area contributed by atoms with Crippen LogP contribution >= 0.6 is 0 Å². The number of anilines is 6. The van der Waals surface area contributed by atoms with Crippen LogP contribution in [0.4, 0.5) is 34.1 Å². The Labute approximate surface area is 343 Å². The van der Waals surface area contributed by atoms with Gasteiger partial charge in [-0.15, -0.1) is 0 Å². The Kier molecular flexibility index (Phi) is 6.47. The van der Waals surface area contributed by atoms with E-state index in [0.29, 0.717) is 5.92 Å². The van der Waals surface area contributed by atoms with Crippen LogP contribution in [0.25, 0.3) is 64.6 Å². The summed E-state index contributed by atoms with van der Waals surface area (Å²) < 4.78 is 0. The molecule has 0 radical (unpaired) electrons. The van der Waals surface area contributed by atoms with Crippen molar-refractivity contribution in [3.8, 4) is 0 Å². The summed E-state index contributed by atoms with van der Waals surface area (Å²) in [6.45, 7) is 0.0971. The predicted octanol–water partition coefficient (Wildman–Crippen LogP) is 13.6. The van der Waals surface area contributed by atoms with Crippen molar-refractivity contribution in [1.82, 2.24) is 0 Å². The van der Waals surface area contributed by atoms with E-state index >= 15 is 0 Å². The number of fused-ring (bicyclic) bond motifs is 4. The van der Waals surface area contributed by atoms with Gasteiger partial charge in [0, 0.05) is 33.5 Å². The molecule has 3 heteroatoms. The van der Waals surface area contributed by atoms with E-state index in [-0.39, 0.29) is 6.71 Å². The first-order valence-corrected chi connectivity index (χ1v) is 21.6. The molecule has 0 aromatic heterocycles. The first kappa shape index (κ1) is 32.2. The molecule has 1 fully saturated rings. The zero-order valence-corrected chi connectivity index (χ0v) is 32.8. The average molecular weight is 751 g/mol. The third-order valence-electron chi connectivity index (χ3n) is 14.5. The molecule has 11 aromatic rings. The van der Waals surface area contributed by atoms with Gasteiger partial charge < -0.3 is 9.80 Å². The maximum absolute atomic E-state index is 2.65. The summed E-state index contributed by atoms with van der Waals surface area (Å²) in [6.07, 6.45) is 6.41. The molecular weight excluding hydrogens is 711 g/mol. The Morgan fingerprint density at radius 2 is 0.780 bits per heavy atom. The number of hydrogen-bond donors (Lipinski definition) is 0. The van der Waals surface area contributed by atoms with Gasteiger partial charge in [-0.1, -0.05) is 153 Å².